The largest absolute Gasteiger partial charge is 0.390 e. The Morgan fingerprint density at radius 1 is 1.21 bits per heavy atom. The van der Waals surface area contributed by atoms with Crippen LogP contribution in [0.3, 0.4) is 0 Å². The molecule has 1 N–H and O–H groups in total. The normalized spacial score (nSPS) is 24.0. The van der Waals surface area contributed by atoms with E-state index >= 15 is 0 Å². The minimum absolute atomic E-state index is 0.252. The average molecular weight is 397 g/mol. The lowest BCUT2D eigenvalue weighted by Gasteiger charge is -2.45. The van der Waals surface area contributed by atoms with Crippen molar-refractivity contribution in [2.75, 3.05) is 44.2 Å². The maximum absolute atomic E-state index is 10.9. The Bertz CT molecular complexity index is 799. The van der Waals surface area contributed by atoms with Gasteiger partial charge in [0.2, 0.25) is 0 Å². The number of likely N-dealkylation sites (tertiary alicyclic amines) is 1. The van der Waals surface area contributed by atoms with Crippen LogP contribution in [-0.4, -0.2) is 81.1 Å². The fraction of sp³-hybridized carbons (Fsp3) is 0.545. The maximum Gasteiger partial charge on any atom is 0.128 e. The Labute approximate surface area is 173 Å². The number of nitrogens with zero attached hydrogens (tertiary/aromatic N) is 6. The molecule has 2 aromatic heterocycles. The topological polar surface area (TPSA) is 60.7 Å². The number of hydrogen-bond donors (Lipinski definition) is 1. The van der Waals surface area contributed by atoms with E-state index in [4.69, 9.17) is 0 Å². The van der Waals surface area contributed by atoms with E-state index in [0.29, 0.717) is 0 Å². The third-order valence-electron chi connectivity index (χ3n) is 6.15. The molecule has 2 atom stereocenters. The highest BCUT2D eigenvalue weighted by Gasteiger charge is 2.34. The van der Waals surface area contributed by atoms with Gasteiger partial charge in [-0.25, -0.2) is 4.98 Å². The number of pyridine rings is 1. The fourth-order valence-electron chi connectivity index (χ4n) is 4.56. The predicted molar refractivity (Wildman–Crippen MR) is 115 cm³/mol. The number of aryl methyl sites for hydroxylation is 1. The van der Waals surface area contributed by atoms with Crippen molar-refractivity contribution < 1.29 is 5.11 Å². The molecule has 29 heavy (non-hydrogen) atoms. The average Bonchev–Trinajstić information content (AvgIpc) is 3.08. The number of allylic oxidation sites excluding steroid dienone is 1. The molecule has 0 unspecified atom stereocenters. The molecule has 4 rings (SSSR count). The number of hydrogen-bond acceptors (Lipinski definition) is 6. The first-order valence-corrected chi connectivity index (χ1v) is 10.6. The molecule has 4 heterocycles. The van der Waals surface area contributed by atoms with Crippen molar-refractivity contribution in [1.29, 1.82) is 0 Å². The number of aliphatic hydroxyl groups excluding tert-OH is 1. The molecule has 0 aromatic carbocycles. The third kappa shape index (κ3) is 4.69. The monoisotopic (exact) mass is 396 g/mol. The van der Waals surface area contributed by atoms with Crippen molar-refractivity contribution in [3.05, 3.63) is 54.5 Å². The van der Waals surface area contributed by atoms with Crippen LogP contribution in [0.15, 0.2) is 43.2 Å². The highest BCUT2D eigenvalue weighted by atomic mass is 16.3. The summed E-state index contributed by atoms with van der Waals surface area (Å²) in [5.41, 5.74) is 2.30. The number of aliphatic hydroxyl groups is 1. The quantitative estimate of drug-likeness (QED) is 0.748. The SMILES string of the molecule is C=CCn1cc(CN2CC[C@@H](N3CCN(c4ccccn4)CC3)[C@H](O)C2)c(C)n1. The van der Waals surface area contributed by atoms with Gasteiger partial charge < -0.3 is 10.0 Å². The third-order valence-corrected chi connectivity index (χ3v) is 6.15. The first-order chi connectivity index (χ1) is 14.1. The van der Waals surface area contributed by atoms with Gasteiger partial charge in [-0.05, 0) is 25.5 Å². The Kier molecular flexibility index (Phi) is 6.28. The number of aromatic nitrogens is 3. The molecule has 2 fully saturated rings. The van der Waals surface area contributed by atoms with Gasteiger partial charge in [0.05, 0.1) is 18.3 Å². The Morgan fingerprint density at radius 2 is 2.03 bits per heavy atom. The fourth-order valence-corrected chi connectivity index (χ4v) is 4.56. The highest BCUT2D eigenvalue weighted by molar-refractivity contribution is 5.38. The number of piperazine rings is 1. The van der Waals surface area contributed by atoms with E-state index in [9.17, 15) is 5.11 Å². The van der Waals surface area contributed by atoms with Gasteiger partial charge in [-0.2, -0.15) is 5.10 Å². The highest BCUT2D eigenvalue weighted by Crippen LogP contribution is 2.22. The van der Waals surface area contributed by atoms with Crippen LogP contribution in [0.2, 0.25) is 0 Å². The Morgan fingerprint density at radius 3 is 2.72 bits per heavy atom. The number of β-amino-alcohol motifs (C(OH)–C–C–N with tert-alkyl or cyclic N) is 1. The number of piperidine rings is 1. The molecule has 0 spiro atoms. The van der Waals surface area contributed by atoms with Crippen LogP contribution < -0.4 is 4.90 Å². The van der Waals surface area contributed by atoms with E-state index in [2.05, 4.69) is 50.5 Å². The molecule has 0 radical (unpaired) electrons. The molecule has 2 saturated heterocycles. The van der Waals surface area contributed by atoms with Crippen molar-refractivity contribution in [3.8, 4) is 0 Å². The van der Waals surface area contributed by atoms with Crippen molar-refractivity contribution in [1.82, 2.24) is 24.6 Å². The van der Waals surface area contributed by atoms with Gasteiger partial charge in [0, 0.05) is 69.8 Å². The molecule has 2 aliphatic rings. The molecule has 0 amide bonds. The van der Waals surface area contributed by atoms with Gasteiger partial charge in [0.1, 0.15) is 5.82 Å². The minimum Gasteiger partial charge on any atom is -0.390 e. The summed E-state index contributed by atoms with van der Waals surface area (Å²) >= 11 is 0. The van der Waals surface area contributed by atoms with Crippen molar-refractivity contribution in [2.24, 2.45) is 0 Å². The van der Waals surface area contributed by atoms with E-state index < -0.39 is 0 Å². The zero-order chi connectivity index (χ0) is 20.2. The summed E-state index contributed by atoms with van der Waals surface area (Å²) in [7, 11) is 0. The summed E-state index contributed by atoms with van der Waals surface area (Å²) in [5.74, 6) is 1.05. The smallest absolute Gasteiger partial charge is 0.128 e. The molecule has 2 aromatic rings. The number of anilines is 1. The van der Waals surface area contributed by atoms with Crippen LogP contribution in [-0.2, 0) is 13.1 Å². The minimum atomic E-state index is -0.311. The molecule has 0 saturated carbocycles. The lowest BCUT2D eigenvalue weighted by Crippen LogP contribution is -2.58. The van der Waals surface area contributed by atoms with Gasteiger partial charge in [0.15, 0.2) is 0 Å². The van der Waals surface area contributed by atoms with Gasteiger partial charge >= 0.3 is 0 Å². The van der Waals surface area contributed by atoms with Crippen LogP contribution in [0, 0.1) is 6.92 Å². The summed E-state index contributed by atoms with van der Waals surface area (Å²) in [6.45, 7) is 13.0. The summed E-state index contributed by atoms with van der Waals surface area (Å²) in [5, 5.41) is 15.4. The number of rotatable bonds is 6. The summed E-state index contributed by atoms with van der Waals surface area (Å²) < 4.78 is 1.93. The van der Waals surface area contributed by atoms with Crippen LogP contribution >= 0.6 is 0 Å². The van der Waals surface area contributed by atoms with Gasteiger partial charge in [-0.15, -0.1) is 6.58 Å². The van der Waals surface area contributed by atoms with Crippen molar-refractivity contribution in [2.45, 2.75) is 38.6 Å². The molecule has 7 nitrogen and oxygen atoms in total. The van der Waals surface area contributed by atoms with E-state index in [0.717, 1.165) is 70.3 Å². The predicted octanol–water partition coefficient (Wildman–Crippen LogP) is 1.53. The lowest BCUT2D eigenvalue weighted by molar-refractivity contribution is -0.0172. The first kappa shape index (κ1) is 20.1. The van der Waals surface area contributed by atoms with Gasteiger partial charge in [-0.3, -0.25) is 14.5 Å². The lowest BCUT2D eigenvalue weighted by atomic mass is 9.98. The van der Waals surface area contributed by atoms with E-state index in [1.165, 1.54) is 5.56 Å². The molecule has 156 valence electrons. The van der Waals surface area contributed by atoms with E-state index in [-0.39, 0.29) is 12.1 Å². The standard InChI is InChI=1S/C22H32N6O/c1-3-9-28-16-19(18(2)24-28)15-25-10-7-20(21(29)17-25)26-11-13-27(14-12-26)22-6-4-5-8-23-22/h3-6,8,16,20-21,29H,1,7,9-15,17H2,2H3/t20-,21-/m1/s1. The van der Waals surface area contributed by atoms with Gasteiger partial charge in [-0.1, -0.05) is 12.1 Å². The van der Waals surface area contributed by atoms with Crippen LogP contribution in [0.5, 0.6) is 0 Å². The second-order valence-corrected chi connectivity index (χ2v) is 8.12. The van der Waals surface area contributed by atoms with Crippen molar-refractivity contribution in [3.63, 3.8) is 0 Å². The molecule has 2 aliphatic heterocycles. The second-order valence-electron chi connectivity index (χ2n) is 8.12. The molecule has 0 aliphatic carbocycles. The molecule has 0 bridgehead atoms. The van der Waals surface area contributed by atoms with Crippen LogP contribution in [0.4, 0.5) is 5.82 Å². The van der Waals surface area contributed by atoms with Crippen LogP contribution in [0.25, 0.3) is 0 Å². The van der Waals surface area contributed by atoms with E-state index in [1.54, 1.807) is 0 Å². The van der Waals surface area contributed by atoms with E-state index in [1.807, 2.05) is 29.1 Å². The Hall–Kier alpha value is -2.22. The first-order valence-electron chi connectivity index (χ1n) is 10.6. The summed E-state index contributed by atoms with van der Waals surface area (Å²) in [4.78, 5) is 11.6. The molecular formula is C22H32N6O. The summed E-state index contributed by atoms with van der Waals surface area (Å²) in [6.07, 6.45) is 6.51. The van der Waals surface area contributed by atoms with Crippen molar-refractivity contribution >= 4 is 5.82 Å². The summed E-state index contributed by atoms with van der Waals surface area (Å²) in [6, 6.07) is 6.32. The zero-order valence-corrected chi connectivity index (χ0v) is 17.3. The molecule has 7 heteroatoms. The Balaban J connectivity index is 1.29. The van der Waals surface area contributed by atoms with Gasteiger partial charge in [0.25, 0.3) is 0 Å². The van der Waals surface area contributed by atoms with Crippen LogP contribution in [0.1, 0.15) is 17.7 Å². The maximum atomic E-state index is 10.9. The molecular weight excluding hydrogens is 364 g/mol. The zero-order valence-electron chi connectivity index (χ0n) is 17.3. The second kappa shape index (κ2) is 9.07.